The lowest BCUT2D eigenvalue weighted by Gasteiger charge is -2.24. The Labute approximate surface area is 111 Å². The van der Waals surface area contributed by atoms with E-state index in [2.05, 4.69) is 22.9 Å². The Morgan fingerprint density at radius 2 is 2.29 bits per heavy atom. The monoisotopic (exact) mass is 295 g/mol. The lowest BCUT2D eigenvalue weighted by Crippen LogP contribution is -2.35. The minimum Gasteiger partial charge on any atom is -0.336 e. The quantitative estimate of drug-likeness (QED) is 0.813. The summed E-state index contributed by atoms with van der Waals surface area (Å²) in [5, 5.41) is 0. The van der Waals surface area contributed by atoms with Crippen molar-refractivity contribution in [1.82, 2.24) is 4.90 Å². The van der Waals surface area contributed by atoms with E-state index in [9.17, 15) is 4.79 Å². The van der Waals surface area contributed by atoms with Crippen LogP contribution in [0.1, 0.15) is 42.1 Å². The Hall–Kier alpha value is -0.830. The van der Waals surface area contributed by atoms with Crippen molar-refractivity contribution in [3.63, 3.8) is 0 Å². The van der Waals surface area contributed by atoms with Gasteiger partial charge in [-0.05, 0) is 53.7 Å². The molecule has 0 saturated carbocycles. The second-order valence-corrected chi connectivity index (χ2v) is 5.43. The molecule has 1 fully saturated rings. The highest BCUT2D eigenvalue weighted by molar-refractivity contribution is 9.10. The third-order valence-electron chi connectivity index (χ3n) is 3.53. The minimum atomic E-state index is 0.171. The number of carbonyl (C=O) groups excluding carboxylic acids is 1. The molecule has 1 heterocycles. The third kappa shape index (κ3) is 2.39. The van der Waals surface area contributed by atoms with E-state index in [0.717, 1.165) is 41.4 Å². The second-order valence-electron chi connectivity index (χ2n) is 4.64. The summed E-state index contributed by atoms with van der Waals surface area (Å²) in [6, 6.07) is 6.30. The summed E-state index contributed by atoms with van der Waals surface area (Å²) in [6.45, 7) is 5.07. The van der Waals surface area contributed by atoms with Gasteiger partial charge in [0.1, 0.15) is 0 Å². The molecule has 0 radical (unpaired) electrons. The van der Waals surface area contributed by atoms with Crippen LogP contribution in [0.15, 0.2) is 22.7 Å². The number of aryl methyl sites for hydroxylation is 1. The molecule has 1 saturated heterocycles. The molecule has 0 N–H and O–H groups in total. The van der Waals surface area contributed by atoms with Crippen LogP contribution in [0.4, 0.5) is 0 Å². The predicted molar refractivity (Wildman–Crippen MR) is 73.2 cm³/mol. The average molecular weight is 296 g/mol. The summed E-state index contributed by atoms with van der Waals surface area (Å²) < 4.78 is 0.937. The van der Waals surface area contributed by atoms with Crippen LogP contribution in [0.5, 0.6) is 0 Å². The highest BCUT2D eigenvalue weighted by atomic mass is 79.9. The van der Waals surface area contributed by atoms with E-state index in [1.165, 1.54) is 0 Å². The highest BCUT2D eigenvalue weighted by Crippen LogP contribution is 2.27. The Kier molecular flexibility index (Phi) is 3.87. The molecule has 17 heavy (non-hydrogen) atoms. The number of rotatable bonds is 2. The number of nitrogens with zero attached hydrogens (tertiary/aromatic N) is 1. The first-order chi connectivity index (χ1) is 8.15. The third-order valence-corrected chi connectivity index (χ3v) is 4.58. The SMILES string of the molecule is CCC1CCCN1C(=O)c1cccc(C)c1Br. The lowest BCUT2D eigenvalue weighted by atomic mass is 10.1. The summed E-state index contributed by atoms with van der Waals surface area (Å²) in [6.07, 6.45) is 3.33. The normalized spacial score (nSPS) is 19.7. The van der Waals surface area contributed by atoms with Crippen LogP contribution in [0.3, 0.4) is 0 Å². The van der Waals surface area contributed by atoms with Gasteiger partial charge in [-0.25, -0.2) is 0 Å². The summed E-state index contributed by atoms with van der Waals surface area (Å²) in [7, 11) is 0. The van der Waals surface area contributed by atoms with Crippen molar-refractivity contribution in [2.24, 2.45) is 0 Å². The molecule has 2 nitrogen and oxygen atoms in total. The molecule has 0 bridgehead atoms. The molecule has 1 unspecified atom stereocenters. The molecule has 92 valence electrons. The number of halogens is 1. The first-order valence-electron chi connectivity index (χ1n) is 6.21. The molecule has 2 rings (SSSR count). The van der Waals surface area contributed by atoms with Crippen LogP contribution in [0, 0.1) is 6.92 Å². The number of likely N-dealkylation sites (tertiary alicyclic amines) is 1. The van der Waals surface area contributed by atoms with Gasteiger partial charge in [0.25, 0.3) is 5.91 Å². The molecule has 1 aromatic carbocycles. The molecule has 3 heteroatoms. The van der Waals surface area contributed by atoms with E-state index in [-0.39, 0.29) is 5.91 Å². The van der Waals surface area contributed by atoms with Crippen molar-refractivity contribution in [1.29, 1.82) is 0 Å². The van der Waals surface area contributed by atoms with Gasteiger partial charge in [-0.15, -0.1) is 0 Å². The van der Waals surface area contributed by atoms with E-state index in [1.807, 2.05) is 30.0 Å². The molecule has 1 aliphatic rings. The number of amides is 1. The maximum Gasteiger partial charge on any atom is 0.255 e. The van der Waals surface area contributed by atoms with Crippen LogP contribution >= 0.6 is 15.9 Å². The number of benzene rings is 1. The van der Waals surface area contributed by atoms with Crippen LogP contribution in [-0.4, -0.2) is 23.4 Å². The van der Waals surface area contributed by atoms with Crippen molar-refractivity contribution in [2.45, 2.75) is 39.2 Å². The van der Waals surface area contributed by atoms with E-state index >= 15 is 0 Å². The van der Waals surface area contributed by atoms with Crippen LogP contribution < -0.4 is 0 Å². The molecular weight excluding hydrogens is 278 g/mol. The lowest BCUT2D eigenvalue weighted by molar-refractivity contribution is 0.0732. The largest absolute Gasteiger partial charge is 0.336 e. The standard InChI is InChI=1S/C14H18BrNO/c1-3-11-7-5-9-16(11)14(17)12-8-4-6-10(2)13(12)15/h4,6,8,11H,3,5,7,9H2,1-2H3. The van der Waals surface area contributed by atoms with Gasteiger partial charge in [-0.2, -0.15) is 0 Å². The van der Waals surface area contributed by atoms with E-state index < -0.39 is 0 Å². The first kappa shape index (κ1) is 12.6. The number of hydrogen-bond acceptors (Lipinski definition) is 1. The molecule has 1 aliphatic heterocycles. The molecule has 0 spiro atoms. The Bertz CT molecular complexity index is 430. The average Bonchev–Trinajstić information content (AvgIpc) is 2.80. The van der Waals surface area contributed by atoms with Gasteiger partial charge >= 0.3 is 0 Å². The van der Waals surface area contributed by atoms with Gasteiger partial charge in [0.2, 0.25) is 0 Å². The Balaban J connectivity index is 2.28. The van der Waals surface area contributed by atoms with Crippen molar-refractivity contribution in [3.05, 3.63) is 33.8 Å². The first-order valence-corrected chi connectivity index (χ1v) is 7.00. The highest BCUT2D eigenvalue weighted by Gasteiger charge is 2.28. The molecular formula is C14H18BrNO. The van der Waals surface area contributed by atoms with Gasteiger partial charge in [-0.1, -0.05) is 19.1 Å². The van der Waals surface area contributed by atoms with Gasteiger partial charge in [-0.3, -0.25) is 4.79 Å². The maximum atomic E-state index is 12.5. The smallest absolute Gasteiger partial charge is 0.255 e. The summed E-state index contributed by atoms with van der Waals surface area (Å²) >= 11 is 3.52. The summed E-state index contributed by atoms with van der Waals surface area (Å²) in [5.41, 5.74) is 1.91. The predicted octanol–water partition coefficient (Wildman–Crippen LogP) is 3.77. The fourth-order valence-electron chi connectivity index (χ4n) is 2.49. The van der Waals surface area contributed by atoms with Gasteiger partial charge in [0.15, 0.2) is 0 Å². The topological polar surface area (TPSA) is 20.3 Å². The van der Waals surface area contributed by atoms with Crippen molar-refractivity contribution >= 4 is 21.8 Å². The van der Waals surface area contributed by atoms with Gasteiger partial charge < -0.3 is 4.90 Å². The van der Waals surface area contributed by atoms with E-state index in [4.69, 9.17) is 0 Å². The zero-order valence-electron chi connectivity index (χ0n) is 10.4. The zero-order valence-corrected chi connectivity index (χ0v) is 12.0. The maximum absolute atomic E-state index is 12.5. The Morgan fingerprint density at radius 1 is 1.53 bits per heavy atom. The van der Waals surface area contributed by atoms with Gasteiger partial charge in [0, 0.05) is 17.1 Å². The van der Waals surface area contributed by atoms with Crippen molar-refractivity contribution < 1.29 is 4.79 Å². The molecule has 1 amide bonds. The van der Waals surface area contributed by atoms with Gasteiger partial charge in [0.05, 0.1) is 5.56 Å². The Morgan fingerprint density at radius 3 is 3.00 bits per heavy atom. The fraction of sp³-hybridized carbons (Fsp3) is 0.500. The van der Waals surface area contributed by atoms with Crippen LogP contribution in [0.25, 0.3) is 0 Å². The second kappa shape index (κ2) is 5.21. The van der Waals surface area contributed by atoms with Crippen LogP contribution in [0.2, 0.25) is 0 Å². The van der Waals surface area contributed by atoms with Crippen molar-refractivity contribution in [3.8, 4) is 0 Å². The molecule has 1 atom stereocenters. The molecule has 0 aromatic heterocycles. The minimum absolute atomic E-state index is 0.171. The zero-order chi connectivity index (χ0) is 12.4. The molecule has 1 aromatic rings. The fourth-order valence-corrected chi connectivity index (χ4v) is 2.93. The summed E-state index contributed by atoms with van der Waals surface area (Å²) in [4.78, 5) is 14.5. The molecule has 0 aliphatic carbocycles. The van der Waals surface area contributed by atoms with Crippen LogP contribution in [-0.2, 0) is 0 Å². The van der Waals surface area contributed by atoms with Crippen molar-refractivity contribution in [2.75, 3.05) is 6.54 Å². The number of hydrogen-bond donors (Lipinski definition) is 0. The van der Waals surface area contributed by atoms with E-state index in [0.29, 0.717) is 6.04 Å². The van der Waals surface area contributed by atoms with E-state index in [1.54, 1.807) is 0 Å². The summed E-state index contributed by atoms with van der Waals surface area (Å²) in [5.74, 6) is 0.171. The number of carbonyl (C=O) groups is 1.